The Bertz CT molecular complexity index is 836. The smallest absolute Gasteiger partial charge is 0.261 e. The number of aromatic nitrogens is 2. The molecule has 1 heterocycles. The fraction of sp³-hybridized carbons (Fsp3) is 0.368. The van der Waals surface area contributed by atoms with Crippen LogP contribution in [0, 0.1) is 5.92 Å². The van der Waals surface area contributed by atoms with Crippen molar-refractivity contribution in [3.63, 3.8) is 0 Å². The molecule has 2 aromatic rings. The van der Waals surface area contributed by atoms with Crippen molar-refractivity contribution in [2.24, 2.45) is 5.92 Å². The second kappa shape index (κ2) is 10.1. The number of anilines is 1. The second-order valence-corrected chi connectivity index (χ2v) is 6.33. The number of carbonyl (C=O) groups is 2. The maximum atomic E-state index is 12.7. The molecule has 2 rings (SSSR count). The molecule has 0 saturated carbocycles. The molecule has 0 aliphatic carbocycles. The predicted molar refractivity (Wildman–Crippen MR) is 106 cm³/mol. The molecule has 0 fully saturated rings. The van der Waals surface area contributed by atoms with Gasteiger partial charge in [-0.15, -0.1) is 0 Å². The summed E-state index contributed by atoms with van der Waals surface area (Å²) >= 11 is 0. The molecule has 0 aliphatic rings. The number of amides is 2. The Morgan fingerprint density at radius 3 is 2.21 bits per heavy atom. The topological polar surface area (TPSA) is 124 Å². The van der Waals surface area contributed by atoms with E-state index in [1.54, 1.807) is 24.3 Å². The van der Waals surface area contributed by atoms with E-state index in [4.69, 9.17) is 14.2 Å². The summed E-state index contributed by atoms with van der Waals surface area (Å²) in [5, 5.41) is 2.73. The first-order chi connectivity index (χ1) is 13.9. The molecule has 1 aromatic heterocycles. The molecule has 1 atom stereocenters. The summed E-state index contributed by atoms with van der Waals surface area (Å²) in [4.78, 5) is 33.3. The van der Waals surface area contributed by atoms with Crippen molar-refractivity contribution in [1.29, 1.82) is 0 Å². The van der Waals surface area contributed by atoms with Crippen LogP contribution in [0.15, 0.2) is 30.5 Å². The van der Waals surface area contributed by atoms with Gasteiger partial charge in [-0.3, -0.25) is 20.4 Å². The highest BCUT2D eigenvalue weighted by Gasteiger charge is 2.25. The van der Waals surface area contributed by atoms with Gasteiger partial charge in [0.15, 0.2) is 0 Å². The molecule has 1 unspecified atom stereocenters. The summed E-state index contributed by atoms with van der Waals surface area (Å²) in [6.45, 7) is 3.64. The Balaban J connectivity index is 2.08. The number of hydrogen-bond donors (Lipinski definition) is 3. The van der Waals surface area contributed by atoms with Crippen LogP contribution < -0.4 is 30.4 Å². The monoisotopic (exact) mass is 403 g/mol. The van der Waals surface area contributed by atoms with Gasteiger partial charge in [-0.05, 0) is 18.1 Å². The molecule has 156 valence electrons. The summed E-state index contributed by atoms with van der Waals surface area (Å²) in [5.74, 6) is 0.373. The van der Waals surface area contributed by atoms with Crippen molar-refractivity contribution in [2.45, 2.75) is 19.9 Å². The number of hydrogen-bond acceptors (Lipinski definition) is 8. The summed E-state index contributed by atoms with van der Waals surface area (Å²) in [6.07, 6.45) is 1.48. The van der Waals surface area contributed by atoms with Crippen molar-refractivity contribution >= 4 is 17.8 Å². The number of nitrogens with zero attached hydrogens (tertiary/aromatic N) is 2. The lowest BCUT2D eigenvalue weighted by atomic mass is 10.0. The van der Waals surface area contributed by atoms with Crippen molar-refractivity contribution in [1.82, 2.24) is 20.7 Å². The van der Waals surface area contributed by atoms with Gasteiger partial charge in [0, 0.05) is 23.9 Å². The molecular formula is C19H25N5O5. The maximum Gasteiger partial charge on any atom is 0.261 e. The van der Waals surface area contributed by atoms with Crippen LogP contribution in [-0.2, 0) is 4.79 Å². The van der Waals surface area contributed by atoms with Gasteiger partial charge < -0.3 is 19.5 Å². The van der Waals surface area contributed by atoms with E-state index in [0.29, 0.717) is 22.9 Å². The van der Waals surface area contributed by atoms with Crippen LogP contribution in [0.2, 0.25) is 0 Å². The average Bonchev–Trinajstić information content (AvgIpc) is 2.74. The lowest BCUT2D eigenvalue weighted by molar-refractivity contribution is -0.123. The highest BCUT2D eigenvalue weighted by atomic mass is 16.5. The third kappa shape index (κ3) is 5.96. The van der Waals surface area contributed by atoms with Gasteiger partial charge in [0.05, 0.1) is 21.3 Å². The highest BCUT2D eigenvalue weighted by Crippen LogP contribution is 2.22. The van der Waals surface area contributed by atoms with E-state index >= 15 is 0 Å². The van der Waals surface area contributed by atoms with Crippen LogP contribution in [0.3, 0.4) is 0 Å². The normalized spacial score (nSPS) is 11.4. The summed E-state index contributed by atoms with van der Waals surface area (Å²) < 4.78 is 15.4. The Kier molecular flexibility index (Phi) is 7.58. The fourth-order valence-corrected chi connectivity index (χ4v) is 2.41. The van der Waals surface area contributed by atoms with E-state index in [1.807, 2.05) is 13.8 Å². The lowest BCUT2D eigenvalue weighted by Crippen LogP contribution is -2.51. The lowest BCUT2D eigenvalue weighted by Gasteiger charge is -2.22. The first-order valence-electron chi connectivity index (χ1n) is 8.84. The summed E-state index contributed by atoms with van der Waals surface area (Å²) in [5.41, 5.74) is 5.42. The number of nitrogens with one attached hydrogen (secondary N) is 3. The number of methoxy groups -OCH3 is 3. The minimum Gasteiger partial charge on any atom is -0.497 e. The van der Waals surface area contributed by atoms with Crippen LogP contribution in [0.1, 0.15) is 24.2 Å². The van der Waals surface area contributed by atoms with Crippen molar-refractivity contribution in [3.05, 3.63) is 36.0 Å². The molecule has 10 heteroatoms. The van der Waals surface area contributed by atoms with Crippen LogP contribution in [0.5, 0.6) is 17.4 Å². The van der Waals surface area contributed by atoms with Crippen LogP contribution in [0.25, 0.3) is 0 Å². The summed E-state index contributed by atoms with van der Waals surface area (Å²) in [7, 11) is 4.46. The molecular weight excluding hydrogens is 378 g/mol. The van der Waals surface area contributed by atoms with Gasteiger partial charge in [-0.1, -0.05) is 13.8 Å². The van der Waals surface area contributed by atoms with E-state index in [0.717, 1.165) is 0 Å². The maximum absolute atomic E-state index is 12.7. The largest absolute Gasteiger partial charge is 0.497 e. The SMILES string of the molecule is COc1cc(OC)cc(C(=O)NC(C(=O)NNc2nccc(OC)n2)C(C)C)c1. The molecule has 0 bridgehead atoms. The van der Waals surface area contributed by atoms with Gasteiger partial charge in [0.2, 0.25) is 11.8 Å². The number of ether oxygens (including phenoxy) is 3. The molecule has 0 radical (unpaired) electrons. The molecule has 0 saturated heterocycles. The third-order valence-corrected chi connectivity index (χ3v) is 3.99. The van der Waals surface area contributed by atoms with Gasteiger partial charge in [0.1, 0.15) is 17.5 Å². The molecule has 10 nitrogen and oxygen atoms in total. The van der Waals surface area contributed by atoms with Crippen LogP contribution in [-0.4, -0.2) is 49.2 Å². The van der Waals surface area contributed by atoms with E-state index in [9.17, 15) is 9.59 Å². The zero-order valence-corrected chi connectivity index (χ0v) is 17.0. The zero-order chi connectivity index (χ0) is 21.4. The number of rotatable bonds is 9. The van der Waals surface area contributed by atoms with Gasteiger partial charge in [0.25, 0.3) is 11.8 Å². The van der Waals surface area contributed by atoms with Crippen molar-refractivity contribution in [3.8, 4) is 17.4 Å². The Labute approximate surface area is 168 Å². The van der Waals surface area contributed by atoms with E-state index in [1.165, 1.54) is 27.5 Å². The molecule has 29 heavy (non-hydrogen) atoms. The minimum absolute atomic E-state index is 0.157. The van der Waals surface area contributed by atoms with Crippen molar-refractivity contribution in [2.75, 3.05) is 26.8 Å². The first kappa shape index (κ1) is 21.7. The van der Waals surface area contributed by atoms with Gasteiger partial charge in [-0.2, -0.15) is 4.98 Å². The molecule has 0 aliphatic heterocycles. The van der Waals surface area contributed by atoms with Gasteiger partial charge >= 0.3 is 0 Å². The number of hydrazine groups is 1. The van der Waals surface area contributed by atoms with E-state index < -0.39 is 17.9 Å². The third-order valence-electron chi connectivity index (χ3n) is 3.99. The van der Waals surface area contributed by atoms with E-state index in [2.05, 4.69) is 26.1 Å². The molecule has 3 N–H and O–H groups in total. The van der Waals surface area contributed by atoms with Crippen LogP contribution in [0.4, 0.5) is 5.95 Å². The highest BCUT2D eigenvalue weighted by molar-refractivity contribution is 5.98. The fourth-order valence-electron chi connectivity index (χ4n) is 2.41. The van der Waals surface area contributed by atoms with E-state index in [-0.39, 0.29) is 11.9 Å². The number of carbonyl (C=O) groups excluding carboxylic acids is 2. The second-order valence-electron chi connectivity index (χ2n) is 6.33. The number of benzene rings is 1. The Hall–Kier alpha value is -3.56. The molecule has 0 spiro atoms. The minimum atomic E-state index is -0.808. The standard InChI is InChI=1S/C19H25N5O5/c1-11(2)16(18(26)23-24-19-20-7-6-15(21-19)29-5)22-17(25)12-8-13(27-3)10-14(9-12)28-4/h6-11,16H,1-5H3,(H,22,25)(H,23,26)(H,20,21,24). The van der Waals surface area contributed by atoms with Gasteiger partial charge in [-0.25, -0.2) is 4.98 Å². The molecule has 2 amide bonds. The molecule has 1 aromatic carbocycles. The Morgan fingerprint density at radius 1 is 1.00 bits per heavy atom. The average molecular weight is 403 g/mol. The summed E-state index contributed by atoms with van der Waals surface area (Å²) in [6, 6.07) is 5.55. The first-order valence-corrected chi connectivity index (χ1v) is 8.84. The predicted octanol–water partition coefficient (Wildman–Crippen LogP) is 1.40. The zero-order valence-electron chi connectivity index (χ0n) is 17.0. The van der Waals surface area contributed by atoms with Crippen LogP contribution >= 0.6 is 0 Å². The van der Waals surface area contributed by atoms with Crippen molar-refractivity contribution < 1.29 is 23.8 Å². The Morgan fingerprint density at radius 2 is 1.66 bits per heavy atom. The quantitative estimate of drug-likeness (QED) is 0.537.